The Morgan fingerprint density at radius 3 is 2.67 bits per heavy atom. The van der Waals surface area contributed by atoms with Crippen LogP contribution in [0.25, 0.3) is 6.08 Å². The Kier molecular flexibility index (Phi) is 5.43. The molecule has 0 aliphatic carbocycles. The molecule has 114 valence electrons. The van der Waals surface area contributed by atoms with Crippen LogP contribution in [0.2, 0.25) is 0 Å². The van der Waals surface area contributed by atoms with Crippen molar-refractivity contribution in [3.63, 3.8) is 0 Å². The monoisotopic (exact) mass is 287 g/mol. The molecule has 1 aromatic rings. The fraction of sp³-hybridized carbons (Fsp3) is 0.500. The molecule has 1 aliphatic heterocycles. The second-order valence-corrected chi connectivity index (χ2v) is 5.93. The van der Waals surface area contributed by atoms with Crippen molar-refractivity contribution in [2.75, 3.05) is 18.0 Å². The number of anilines is 1. The lowest BCUT2D eigenvalue weighted by Crippen LogP contribution is -2.33. The van der Waals surface area contributed by atoms with Crippen LogP contribution in [0.1, 0.15) is 43.7 Å². The summed E-state index contributed by atoms with van der Waals surface area (Å²) in [4.78, 5) is 13.0. The normalized spacial score (nSPS) is 16.6. The third kappa shape index (κ3) is 4.35. The summed E-state index contributed by atoms with van der Waals surface area (Å²) in [6.07, 6.45) is 8.06. The lowest BCUT2D eigenvalue weighted by molar-refractivity contribution is -0.131. The molecule has 0 aromatic heterocycles. The van der Waals surface area contributed by atoms with Crippen molar-refractivity contribution < 1.29 is 9.90 Å². The third-order valence-electron chi connectivity index (χ3n) is 4.34. The van der Waals surface area contributed by atoms with Crippen LogP contribution in [0.15, 0.2) is 24.3 Å². The van der Waals surface area contributed by atoms with E-state index in [1.807, 2.05) is 13.0 Å². The van der Waals surface area contributed by atoms with E-state index in [2.05, 4.69) is 24.0 Å². The molecule has 0 radical (unpaired) electrons. The maximum atomic E-state index is 10.6. The van der Waals surface area contributed by atoms with E-state index in [-0.39, 0.29) is 0 Å². The van der Waals surface area contributed by atoms with E-state index in [0.717, 1.165) is 30.1 Å². The number of carboxylic acids is 1. The van der Waals surface area contributed by atoms with Crippen LogP contribution >= 0.6 is 0 Å². The van der Waals surface area contributed by atoms with Crippen LogP contribution in [-0.4, -0.2) is 24.2 Å². The Morgan fingerprint density at radius 2 is 2.10 bits per heavy atom. The van der Waals surface area contributed by atoms with Gasteiger partial charge in [0.1, 0.15) is 0 Å². The van der Waals surface area contributed by atoms with Crippen molar-refractivity contribution in [3.05, 3.63) is 35.4 Å². The van der Waals surface area contributed by atoms with Crippen molar-refractivity contribution in [1.29, 1.82) is 0 Å². The molecule has 0 bridgehead atoms. The van der Waals surface area contributed by atoms with Crippen molar-refractivity contribution in [2.45, 2.75) is 39.5 Å². The zero-order valence-electron chi connectivity index (χ0n) is 13.0. The highest BCUT2D eigenvalue weighted by Crippen LogP contribution is 2.27. The first-order valence-electron chi connectivity index (χ1n) is 7.86. The molecule has 1 fully saturated rings. The van der Waals surface area contributed by atoms with E-state index in [0.29, 0.717) is 0 Å². The van der Waals surface area contributed by atoms with E-state index in [1.54, 1.807) is 6.08 Å². The van der Waals surface area contributed by atoms with Gasteiger partial charge in [0.15, 0.2) is 0 Å². The number of nitrogens with zero attached hydrogens (tertiary/aromatic N) is 1. The quantitative estimate of drug-likeness (QED) is 0.829. The van der Waals surface area contributed by atoms with Crippen LogP contribution in [0.5, 0.6) is 0 Å². The highest BCUT2D eigenvalue weighted by molar-refractivity contribution is 5.85. The summed E-state index contributed by atoms with van der Waals surface area (Å²) >= 11 is 0. The molecule has 21 heavy (non-hydrogen) atoms. The van der Waals surface area contributed by atoms with Crippen LogP contribution in [0.4, 0.5) is 5.69 Å². The molecule has 0 saturated carbocycles. The van der Waals surface area contributed by atoms with Crippen molar-refractivity contribution in [2.24, 2.45) is 5.92 Å². The summed E-state index contributed by atoms with van der Waals surface area (Å²) in [5, 5.41) is 8.70. The Labute approximate surface area is 127 Å². The summed E-state index contributed by atoms with van der Waals surface area (Å²) in [5.74, 6) is -0.0124. The fourth-order valence-corrected chi connectivity index (χ4v) is 3.09. The Balaban J connectivity index is 2.02. The average Bonchev–Trinajstić information content (AvgIpc) is 2.47. The van der Waals surface area contributed by atoms with Gasteiger partial charge < -0.3 is 10.0 Å². The minimum atomic E-state index is -0.906. The topological polar surface area (TPSA) is 40.5 Å². The van der Waals surface area contributed by atoms with Gasteiger partial charge in [-0.05, 0) is 55.0 Å². The Morgan fingerprint density at radius 1 is 1.38 bits per heavy atom. The van der Waals surface area contributed by atoms with E-state index in [4.69, 9.17) is 5.11 Å². The molecule has 0 atom stereocenters. The van der Waals surface area contributed by atoms with Gasteiger partial charge in [-0.1, -0.05) is 25.8 Å². The highest BCUT2D eigenvalue weighted by atomic mass is 16.4. The number of hydrogen-bond acceptors (Lipinski definition) is 2. The summed E-state index contributed by atoms with van der Waals surface area (Å²) < 4.78 is 0. The molecule has 0 unspecified atom stereocenters. The number of carboxylic acid groups (broad SMARTS) is 1. The van der Waals surface area contributed by atoms with Crippen LogP contribution in [0.3, 0.4) is 0 Å². The van der Waals surface area contributed by atoms with Gasteiger partial charge in [0.25, 0.3) is 0 Å². The zero-order chi connectivity index (χ0) is 15.2. The Hall–Kier alpha value is -1.77. The standard InChI is InChI=1S/C18H25NO2/c1-3-4-15-9-11-19(12-10-15)17-7-5-16(14(2)13-17)6-8-18(20)21/h5-8,13,15H,3-4,9-12H2,1-2H3,(H,20,21). The maximum Gasteiger partial charge on any atom is 0.328 e. The number of hydrogen-bond donors (Lipinski definition) is 1. The largest absolute Gasteiger partial charge is 0.478 e. The Bertz CT molecular complexity index is 514. The van der Waals surface area contributed by atoms with Gasteiger partial charge in [-0.3, -0.25) is 0 Å². The van der Waals surface area contributed by atoms with Gasteiger partial charge in [0.2, 0.25) is 0 Å². The number of aliphatic carboxylic acids is 1. The first-order chi connectivity index (χ1) is 10.1. The van der Waals surface area contributed by atoms with E-state index in [9.17, 15) is 4.79 Å². The minimum Gasteiger partial charge on any atom is -0.478 e. The van der Waals surface area contributed by atoms with E-state index in [1.165, 1.54) is 37.4 Å². The second kappa shape index (κ2) is 7.30. The molecule has 1 saturated heterocycles. The third-order valence-corrected chi connectivity index (χ3v) is 4.34. The summed E-state index contributed by atoms with van der Waals surface area (Å²) in [6.45, 7) is 6.57. The number of piperidine rings is 1. The first-order valence-corrected chi connectivity index (χ1v) is 7.86. The fourth-order valence-electron chi connectivity index (χ4n) is 3.09. The first kappa shape index (κ1) is 15.6. The smallest absolute Gasteiger partial charge is 0.328 e. The summed E-state index contributed by atoms with van der Waals surface area (Å²) in [6, 6.07) is 6.29. The predicted octanol–water partition coefficient (Wildman–Crippen LogP) is 4.11. The number of benzene rings is 1. The minimum absolute atomic E-state index is 0.894. The van der Waals surface area contributed by atoms with Crippen molar-refractivity contribution in [1.82, 2.24) is 0 Å². The molecule has 1 aromatic carbocycles. The van der Waals surface area contributed by atoms with Crippen LogP contribution in [-0.2, 0) is 4.79 Å². The average molecular weight is 287 g/mol. The predicted molar refractivity (Wildman–Crippen MR) is 87.7 cm³/mol. The maximum absolute atomic E-state index is 10.6. The number of rotatable bonds is 5. The zero-order valence-corrected chi connectivity index (χ0v) is 13.0. The second-order valence-electron chi connectivity index (χ2n) is 5.93. The molecule has 1 aliphatic rings. The van der Waals surface area contributed by atoms with Gasteiger partial charge in [-0.2, -0.15) is 0 Å². The van der Waals surface area contributed by atoms with Gasteiger partial charge >= 0.3 is 5.97 Å². The molecule has 0 spiro atoms. The van der Waals surface area contributed by atoms with Crippen molar-refractivity contribution in [3.8, 4) is 0 Å². The molecule has 3 nitrogen and oxygen atoms in total. The van der Waals surface area contributed by atoms with Gasteiger partial charge in [0, 0.05) is 24.9 Å². The summed E-state index contributed by atoms with van der Waals surface area (Å²) in [5.41, 5.74) is 3.36. The van der Waals surface area contributed by atoms with E-state index < -0.39 is 5.97 Å². The van der Waals surface area contributed by atoms with Gasteiger partial charge in [-0.25, -0.2) is 4.79 Å². The van der Waals surface area contributed by atoms with E-state index >= 15 is 0 Å². The molecule has 1 N–H and O–H groups in total. The lowest BCUT2D eigenvalue weighted by Gasteiger charge is -2.34. The molecular weight excluding hydrogens is 262 g/mol. The molecular formula is C18H25NO2. The highest BCUT2D eigenvalue weighted by Gasteiger charge is 2.18. The van der Waals surface area contributed by atoms with Gasteiger partial charge in [0.05, 0.1) is 0 Å². The molecule has 2 rings (SSSR count). The summed E-state index contributed by atoms with van der Waals surface area (Å²) in [7, 11) is 0. The molecule has 3 heteroatoms. The lowest BCUT2D eigenvalue weighted by atomic mass is 9.92. The van der Waals surface area contributed by atoms with Crippen molar-refractivity contribution >= 4 is 17.7 Å². The molecule has 1 heterocycles. The molecule has 0 amide bonds. The van der Waals surface area contributed by atoms with Gasteiger partial charge in [-0.15, -0.1) is 0 Å². The SMILES string of the molecule is CCCC1CCN(c2ccc(C=CC(=O)O)c(C)c2)CC1. The number of carbonyl (C=O) groups is 1. The van der Waals surface area contributed by atoms with Crippen LogP contribution < -0.4 is 4.90 Å². The van der Waals surface area contributed by atoms with Crippen LogP contribution in [0, 0.1) is 12.8 Å². The number of aryl methyl sites for hydroxylation is 1.